The van der Waals surface area contributed by atoms with Crippen LogP contribution in [0.15, 0.2) is 27.6 Å². The van der Waals surface area contributed by atoms with Crippen molar-refractivity contribution in [1.82, 2.24) is 14.3 Å². The van der Waals surface area contributed by atoms with Crippen molar-refractivity contribution in [3.8, 4) is 0 Å². The van der Waals surface area contributed by atoms with Crippen LogP contribution in [0, 0.1) is 0 Å². The number of hydrogen-bond donors (Lipinski definition) is 1. The molecule has 2 aromatic heterocycles. The summed E-state index contributed by atoms with van der Waals surface area (Å²) >= 11 is 3.01. The molecule has 0 saturated carbocycles. The van der Waals surface area contributed by atoms with Gasteiger partial charge in [0.25, 0.3) is 0 Å². The molecule has 6 heteroatoms. The second-order valence-electron chi connectivity index (χ2n) is 3.64. The lowest BCUT2D eigenvalue weighted by atomic mass is 10.2. The second kappa shape index (κ2) is 5.57. The predicted molar refractivity (Wildman–Crippen MR) is 70.2 cm³/mol. The summed E-state index contributed by atoms with van der Waals surface area (Å²) in [5.74, 6) is 0.901. The minimum Gasteiger partial charge on any atom is -0.323 e. The van der Waals surface area contributed by atoms with E-state index in [-0.39, 0.29) is 6.04 Å². The van der Waals surface area contributed by atoms with E-state index < -0.39 is 0 Å². The van der Waals surface area contributed by atoms with Gasteiger partial charge >= 0.3 is 0 Å². The Balaban J connectivity index is 2.08. The molecule has 0 radical (unpaired) electrons. The molecule has 4 nitrogen and oxygen atoms in total. The third-order valence-corrected chi connectivity index (χ3v) is 3.96. The summed E-state index contributed by atoms with van der Waals surface area (Å²) in [7, 11) is 0. The highest BCUT2D eigenvalue weighted by molar-refractivity contribution is 8.01. The zero-order chi connectivity index (χ0) is 12.3. The Morgan fingerprint density at radius 3 is 2.82 bits per heavy atom. The zero-order valence-corrected chi connectivity index (χ0v) is 11.4. The number of aryl methyl sites for hydroxylation is 1. The van der Waals surface area contributed by atoms with Crippen molar-refractivity contribution in [1.29, 1.82) is 0 Å². The van der Waals surface area contributed by atoms with Crippen molar-refractivity contribution in [3.05, 3.63) is 29.8 Å². The molecule has 1 atom stereocenters. The van der Waals surface area contributed by atoms with E-state index in [2.05, 4.69) is 21.3 Å². The van der Waals surface area contributed by atoms with Crippen LogP contribution in [0.2, 0.25) is 0 Å². The third kappa shape index (κ3) is 3.24. The summed E-state index contributed by atoms with van der Waals surface area (Å²) < 4.78 is 5.20. The molecule has 2 heterocycles. The molecule has 0 aliphatic carbocycles. The first-order chi connectivity index (χ1) is 8.19. The molecule has 0 saturated heterocycles. The van der Waals surface area contributed by atoms with E-state index in [1.165, 1.54) is 11.5 Å². The molecule has 2 aromatic rings. The molecular weight excluding hydrogens is 252 g/mol. The van der Waals surface area contributed by atoms with E-state index in [4.69, 9.17) is 5.73 Å². The highest BCUT2D eigenvalue weighted by Gasteiger charge is 2.06. The average molecular weight is 266 g/mol. The van der Waals surface area contributed by atoms with Crippen molar-refractivity contribution in [2.24, 2.45) is 5.73 Å². The molecule has 0 fully saturated rings. The lowest BCUT2D eigenvalue weighted by Crippen LogP contribution is -2.06. The van der Waals surface area contributed by atoms with E-state index in [0.29, 0.717) is 0 Å². The third-order valence-electron chi connectivity index (χ3n) is 2.20. The molecule has 0 aromatic carbocycles. The summed E-state index contributed by atoms with van der Waals surface area (Å²) in [4.78, 5) is 9.77. The number of rotatable bonds is 4. The zero-order valence-electron chi connectivity index (χ0n) is 9.75. The summed E-state index contributed by atoms with van der Waals surface area (Å²) in [5.41, 5.74) is 6.65. The van der Waals surface area contributed by atoms with E-state index in [1.807, 2.05) is 25.3 Å². The van der Waals surface area contributed by atoms with Gasteiger partial charge in [-0.1, -0.05) is 18.7 Å². The Morgan fingerprint density at radius 2 is 2.29 bits per heavy atom. The number of pyridine rings is 1. The minimum absolute atomic E-state index is 0.0257. The first kappa shape index (κ1) is 12.5. The lowest BCUT2D eigenvalue weighted by molar-refractivity contribution is 0.777. The van der Waals surface area contributed by atoms with Crippen molar-refractivity contribution < 1.29 is 0 Å². The van der Waals surface area contributed by atoms with Crippen LogP contribution in [0.1, 0.15) is 31.4 Å². The van der Waals surface area contributed by atoms with E-state index in [1.54, 1.807) is 11.8 Å². The standard InChI is InChI=1S/C11H14N4S2/c1-3-10-14-11(17-15-10)16-8-4-5-9(7(2)12)13-6-8/h4-7H,3,12H2,1-2H3/t7-/m1/s1. The summed E-state index contributed by atoms with van der Waals surface area (Å²) in [6.07, 6.45) is 2.70. The Hall–Kier alpha value is -0.980. The SMILES string of the molecule is CCc1nsc(Sc2ccc([C@@H](C)N)nc2)n1. The predicted octanol–water partition coefficient (Wildman–Crippen LogP) is 2.67. The molecule has 0 aliphatic rings. The topological polar surface area (TPSA) is 64.7 Å². The van der Waals surface area contributed by atoms with Crippen LogP contribution in [-0.4, -0.2) is 14.3 Å². The molecular formula is C11H14N4S2. The van der Waals surface area contributed by atoms with E-state index in [0.717, 1.165) is 27.2 Å². The van der Waals surface area contributed by atoms with Gasteiger partial charge in [-0.3, -0.25) is 4.98 Å². The maximum atomic E-state index is 5.75. The average Bonchev–Trinajstić information content (AvgIpc) is 2.77. The fraction of sp³-hybridized carbons (Fsp3) is 0.364. The van der Waals surface area contributed by atoms with Gasteiger partial charge in [0.05, 0.1) is 5.69 Å². The Labute approximate surface area is 109 Å². The van der Waals surface area contributed by atoms with Crippen LogP contribution in [0.5, 0.6) is 0 Å². The van der Waals surface area contributed by atoms with Gasteiger partial charge in [-0.15, -0.1) is 0 Å². The van der Waals surface area contributed by atoms with E-state index in [9.17, 15) is 0 Å². The summed E-state index contributed by atoms with van der Waals surface area (Å²) in [5, 5.41) is 0. The number of nitrogens with two attached hydrogens (primary N) is 1. The van der Waals surface area contributed by atoms with Crippen LogP contribution in [0.4, 0.5) is 0 Å². The summed E-state index contributed by atoms with van der Waals surface area (Å²) in [6.45, 7) is 3.98. The molecule has 17 heavy (non-hydrogen) atoms. The monoisotopic (exact) mass is 266 g/mol. The van der Waals surface area contributed by atoms with Crippen molar-refractivity contribution in [2.75, 3.05) is 0 Å². The molecule has 0 unspecified atom stereocenters. The quantitative estimate of drug-likeness (QED) is 0.921. The summed E-state index contributed by atoms with van der Waals surface area (Å²) in [6, 6.07) is 3.94. The highest BCUT2D eigenvalue weighted by atomic mass is 32.2. The molecule has 0 aliphatic heterocycles. The van der Waals surface area contributed by atoms with Crippen LogP contribution in [0.25, 0.3) is 0 Å². The lowest BCUT2D eigenvalue weighted by Gasteiger charge is -2.04. The van der Waals surface area contributed by atoms with E-state index >= 15 is 0 Å². The van der Waals surface area contributed by atoms with Gasteiger partial charge in [0, 0.05) is 23.6 Å². The molecule has 0 spiro atoms. The number of aromatic nitrogens is 3. The maximum Gasteiger partial charge on any atom is 0.174 e. The maximum absolute atomic E-state index is 5.75. The van der Waals surface area contributed by atoms with Crippen LogP contribution < -0.4 is 5.73 Å². The Morgan fingerprint density at radius 1 is 1.47 bits per heavy atom. The van der Waals surface area contributed by atoms with Crippen LogP contribution in [0.3, 0.4) is 0 Å². The Bertz CT molecular complexity index is 478. The van der Waals surface area contributed by atoms with Gasteiger partial charge in [-0.05, 0) is 30.6 Å². The first-order valence-corrected chi connectivity index (χ1v) is 7.00. The Kier molecular flexibility index (Phi) is 4.09. The van der Waals surface area contributed by atoms with Gasteiger partial charge in [0.1, 0.15) is 5.82 Å². The number of nitrogens with zero attached hydrogens (tertiary/aromatic N) is 3. The van der Waals surface area contributed by atoms with Crippen molar-refractivity contribution >= 4 is 23.3 Å². The fourth-order valence-corrected chi connectivity index (χ4v) is 2.89. The molecule has 0 amide bonds. The molecule has 0 bridgehead atoms. The fourth-order valence-electron chi connectivity index (χ4n) is 1.25. The molecule has 2 N–H and O–H groups in total. The van der Waals surface area contributed by atoms with Crippen molar-refractivity contribution in [3.63, 3.8) is 0 Å². The van der Waals surface area contributed by atoms with Crippen LogP contribution in [-0.2, 0) is 6.42 Å². The highest BCUT2D eigenvalue weighted by Crippen LogP contribution is 2.28. The van der Waals surface area contributed by atoms with Crippen molar-refractivity contribution in [2.45, 2.75) is 35.5 Å². The minimum atomic E-state index is -0.0257. The van der Waals surface area contributed by atoms with Gasteiger partial charge in [-0.25, -0.2) is 4.98 Å². The number of hydrogen-bond acceptors (Lipinski definition) is 6. The van der Waals surface area contributed by atoms with Gasteiger partial charge in [-0.2, -0.15) is 4.37 Å². The molecule has 90 valence electrons. The smallest absolute Gasteiger partial charge is 0.174 e. The second-order valence-corrected chi connectivity index (χ2v) is 5.71. The molecule has 2 rings (SSSR count). The van der Waals surface area contributed by atoms with Gasteiger partial charge in [0.15, 0.2) is 4.34 Å². The van der Waals surface area contributed by atoms with Gasteiger partial charge < -0.3 is 5.73 Å². The normalized spacial score (nSPS) is 12.6. The first-order valence-electron chi connectivity index (χ1n) is 5.41. The largest absolute Gasteiger partial charge is 0.323 e. The van der Waals surface area contributed by atoms with Crippen LogP contribution >= 0.6 is 23.3 Å². The van der Waals surface area contributed by atoms with Gasteiger partial charge in [0.2, 0.25) is 0 Å².